The van der Waals surface area contributed by atoms with Crippen LogP contribution in [0, 0.1) is 70.2 Å². The summed E-state index contributed by atoms with van der Waals surface area (Å²) in [5.41, 5.74) is 23.5. The molecule has 11 aromatic heterocycles. The third-order valence-electron chi connectivity index (χ3n) is 19.0. The second-order valence-electron chi connectivity index (χ2n) is 27.1. The molecule has 0 aliphatic rings. The average Bonchev–Trinajstić information content (AvgIpc) is 1.64. The maximum atomic E-state index is 6.14. The number of thiophene rings is 1. The Balaban J connectivity index is 0.000000129. The monoisotopic (exact) mass is 2280 g/mol. The number of para-hydroxylation sites is 3. The van der Waals surface area contributed by atoms with E-state index in [2.05, 4.69) is 189 Å². The van der Waals surface area contributed by atoms with E-state index in [9.17, 15) is 0 Å². The average molecular weight is 2280 g/mol. The van der Waals surface area contributed by atoms with Crippen molar-refractivity contribution in [2.75, 3.05) is 0 Å². The summed E-state index contributed by atoms with van der Waals surface area (Å²) in [6, 6.07) is 129. The molecule has 120 heavy (non-hydrogen) atoms. The van der Waals surface area contributed by atoms with Gasteiger partial charge in [0.1, 0.15) is 16.7 Å². The number of benzene rings is 11. The fourth-order valence-corrected chi connectivity index (χ4v) is 14.4. The van der Waals surface area contributed by atoms with Crippen LogP contribution in [0.4, 0.5) is 0 Å². The number of rotatable bonds is 7. The molecule has 0 saturated heterocycles. The maximum Gasteiger partial charge on any atom is 0.123 e. The topological polar surface area (TPSA) is 130 Å². The van der Waals surface area contributed by atoms with Crippen molar-refractivity contribution in [2.45, 2.75) is 27.7 Å². The molecule has 10 nitrogen and oxygen atoms in total. The van der Waals surface area contributed by atoms with Crippen LogP contribution in [0.2, 0.25) is 0 Å². The van der Waals surface area contributed by atoms with Crippen molar-refractivity contribution >= 4 is 97.3 Å². The standard InChI is InChI=1S/C19H14NO.C18H12NS.2C17H10NO.C12H10N.2C11H8N.4Ir/c1-12-9-10-20-17(11-12)16-8-4-7-15-14-6-3-5-13(2)18(14)21-19(15)16;1-12-8-9-19-16(10-12)13-6-7-18-15(11-13)14-4-2-3-5-17(14)20-18;2*1-2-10-16-12(6-1)13-7-5-8-14(17(13)19-16)15-9-3-4-11-18-15;1-10-7-8-12(13-9-10)11-5-3-2-4-6-11;2*1-2-6-10(7-3-1)11-8-4-5-9-12-11;;;;/h3-7,9-11H,1-2H3;2-5,7-11H,1H3;2*1-7,9-11H;2-5,7-9H,1H3;2*1-6,8-9H;;;;/q7*-1;;;;. The van der Waals surface area contributed by atoms with Gasteiger partial charge in [-0.05, 0) is 143 Å². The van der Waals surface area contributed by atoms with Crippen LogP contribution in [-0.4, -0.2) is 34.9 Å². The fourth-order valence-electron chi connectivity index (χ4n) is 13.4. The Bertz CT molecular complexity index is 6710. The second kappa shape index (κ2) is 42.4. The molecule has 0 unspecified atom stereocenters. The number of fused-ring (bicyclic) bond motifs is 12. The Labute approximate surface area is 755 Å². The number of furan rings is 3. The van der Waals surface area contributed by atoms with E-state index in [1.807, 2.05) is 267 Å². The number of hydrogen-bond donors (Lipinski definition) is 0. The summed E-state index contributed by atoms with van der Waals surface area (Å²) in [5.74, 6) is 0. The van der Waals surface area contributed by atoms with E-state index < -0.39 is 0 Å². The molecule has 0 saturated carbocycles. The number of pyridine rings is 7. The van der Waals surface area contributed by atoms with E-state index >= 15 is 0 Å². The maximum absolute atomic E-state index is 6.14. The van der Waals surface area contributed by atoms with Gasteiger partial charge in [-0.25, -0.2) is 0 Å². The zero-order valence-electron chi connectivity index (χ0n) is 65.2. The third-order valence-corrected chi connectivity index (χ3v) is 20.2. The Kier molecular flexibility index (Phi) is 30.7. The predicted octanol–water partition coefficient (Wildman–Crippen LogP) is 27.1. The Morgan fingerprint density at radius 2 is 0.650 bits per heavy atom. The van der Waals surface area contributed by atoms with Gasteiger partial charge >= 0.3 is 0 Å². The van der Waals surface area contributed by atoms with E-state index in [0.717, 1.165) is 150 Å². The van der Waals surface area contributed by atoms with Crippen molar-refractivity contribution in [1.29, 1.82) is 0 Å². The van der Waals surface area contributed by atoms with Crippen LogP contribution in [0.1, 0.15) is 22.3 Å². The zero-order valence-corrected chi connectivity index (χ0v) is 75.6. The Morgan fingerprint density at radius 1 is 0.242 bits per heavy atom. The molecular formula is C105H72Ir4N7O3S-7. The van der Waals surface area contributed by atoms with Gasteiger partial charge in [-0.15, -0.1) is 186 Å². The molecule has 22 aromatic rings. The van der Waals surface area contributed by atoms with Crippen molar-refractivity contribution in [1.82, 2.24) is 34.9 Å². The minimum absolute atomic E-state index is 0. The van der Waals surface area contributed by atoms with Crippen molar-refractivity contribution in [2.24, 2.45) is 0 Å². The van der Waals surface area contributed by atoms with E-state index in [-0.39, 0.29) is 80.4 Å². The van der Waals surface area contributed by atoms with Gasteiger partial charge in [-0.1, -0.05) is 195 Å². The first-order valence-corrected chi connectivity index (χ1v) is 38.7. The minimum Gasteiger partial charge on any atom is -0.501 e. The number of hydrogen-bond acceptors (Lipinski definition) is 11. The largest absolute Gasteiger partial charge is 0.501 e. The quantitative estimate of drug-likeness (QED) is 0.142. The van der Waals surface area contributed by atoms with Gasteiger partial charge in [-0.3, -0.25) is 0 Å². The smallest absolute Gasteiger partial charge is 0.123 e. The fraction of sp³-hybridized carbons (Fsp3) is 0.0381. The number of nitrogens with zero attached hydrogens (tertiary/aromatic N) is 7. The molecule has 11 aromatic carbocycles. The van der Waals surface area contributed by atoms with E-state index in [0.29, 0.717) is 0 Å². The molecule has 0 spiro atoms. The van der Waals surface area contributed by atoms with Crippen LogP contribution in [0.5, 0.6) is 0 Å². The van der Waals surface area contributed by atoms with Crippen LogP contribution < -0.4 is 0 Å². The molecule has 0 amide bonds. The van der Waals surface area contributed by atoms with Crippen molar-refractivity contribution in [3.63, 3.8) is 0 Å². The minimum atomic E-state index is 0. The molecule has 0 aliphatic heterocycles. The van der Waals surface area contributed by atoms with Crippen LogP contribution in [0.3, 0.4) is 0 Å². The van der Waals surface area contributed by atoms with Crippen LogP contribution in [-0.2, 0) is 80.4 Å². The van der Waals surface area contributed by atoms with Gasteiger partial charge in [0.05, 0.1) is 16.7 Å². The van der Waals surface area contributed by atoms with E-state index in [1.54, 1.807) is 24.8 Å². The summed E-state index contributed by atoms with van der Waals surface area (Å²) in [6.07, 6.45) is 12.7. The predicted molar refractivity (Wildman–Crippen MR) is 473 cm³/mol. The number of aromatic nitrogens is 7. The second-order valence-corrected chi connectivity index (χ2v) is 28.2. The first-order valence-electron chi connectivity index (χ1n) is 37.9. The van der Waals surface area contributed by atoms with E-state index in [1.165, 1.54) is 36.9 Å². The Hall–Kier alpha value is -12.3. The van der Waals surface area contributed by atoms with Gasteiger partial charge in [0.2, 0.25) is 0 Å². The molecule has 0 aliphatic carbocycles. The van der Waals surface area contributed by atoms with Gasteiger partial charge in [0.15, 0.2) is 0 Å². The Morgan fingerprint density at radius 3 is 1.12 bits per heavy atom. The summed E-state index contributed by atoms with van der Waals surface area (Å²) in [4.78, 5) is 30.4. The molecule has 22 rings (SSSR count). The zero-order chi connectivity index (χ0) is 78.8. The summed E-state index contributed by atoms with van der Waals surface area (Å²) in [5, 5.41) is 9.34. The molecule has 0 fully saturated rings. The van der Waals surface area contributed by atoms with Crippen LogP contribution in [0.15, 0.2) is 378 Å². The molecule has 15 heteroatoms. The van der Waals surface area contributed by atoms with Gasteiger partial charge in [0, 0.05) is 145 Å². The van der Waals surface area contributed by atoms with Crippen LogP contribution >= 0.6 is 11.3 Å². The first kappa shape index (κ1) is 87.0. The summed E-state index contributed by atoms with van der Waals surface area (Å²) >= 11 is 1.82. The van der Waals surface area contributed by atoms with Crippen molar-refractivity contribution < 1.29 is 93.7 Å². The van der Waals surface area contributed by atoms with Gasteiger partial charge in [0.25, 0.3) is 0 Å². The van der Waals surface area contributed by atoms with Gasteiger partial charge in [-0.2, -0.15) is 11.3 Å². The van der Waals surface area contributed by atoms with Gasteiger partial charge < -0.3 is 48.1 Å². The molecule has 594 valence electrons. The third kappa shape index (κ3) is 20.9. The summed E-state index contributed by atoms with van der Waals surface area (Å²) in [6.45, 7) is 8.25. The van der Waals surface area contributed by atoms with Crippen molar-refractivity contribution in [3.05, 3.63) is 430 Å². The molecule has 0 atom stereocenters. The first-order chi connectivity index (χ1) is 57.2. The normalized spacial score (nSPS) is 10.4. The van der Waals surface area contributed by atoms with Crippen LogP contribution in [0.25, 0.3) is 165 Å². The summed E-state index contributed by atoms with van der Waals surface area (Å²) < 4.78 is 20.7. The molecule has 0 N–H and O–H groups in total. The molecular weight excluding hydrogens is 2210 g/mol. The summed E-state index contributed by atoms with van der Waals surface area (Å²) in [7, 11) is 0. The molecule has 0 bridgehead atoms. The number of aryl methyl sites for hydroxylation is 4. The van der Waals surface area contributed by atoms with E-state index in [4.69, 9.17) is 13.3 Å². The SMILES string of the molecule is Cc1ccc(-c2[c-]cccc2)nc1.Cc1ccnc(-c2[c-]cc3sc4ccccc4c3c2)c1.Cc1ccnc(-c2[c-]ccc3c2oc2c(C)cccc23)c1.[Ir].[Ir].[Ir].[Ir].[c-]1ccc2c(oc3ccccc32)c1-c1ccccn1.[c-]1ccc2c(oc3ccccc32)c1-c1ccccn1.[c-]1ccccc1-c1ccccn1.[c-]1ccccc1-c1ccccn1. The van der Waals surface area contributed by atoms with Crippen molar-refractivity contribution in [3.8, 4) is 78.8 Å². The molecule has 11 heterocycles. The molecule has 4 radical (unpaired) electrons.